The summed E-state index contributed by atoms with van der Waals surface area (Å²) in [6.45, 7) is 0. The monoisotopic (exact) mass is 345 g/mol. The van der Waals surface area contributed by atoms with Crippen LogP contribution in [-0.4, -0.2) is 5.91 Å². The Labute approximate surface area is 131 Å². The van der Waals surface area contributed by atoms with Gasteiger partial charge in [-0.15, -0.1) is 0 Å². The van der Waals surface area contributed by atoms with Gasteiger partial charge in [-0.2, -0.15) is 0 Å². The van der Waals surface area contributed by atoms with Crippen molar-refractivity contribution in [2.45, 2.75) is 30.7 Å². The number of rotatable bonds is 4. The lowest BCUT2D eigenvalue weighted by Gasteiger charge is -2.18. The summed E-state index contributed by atoms with van der Waals surface area (Å²) in [7, 11) is 0. The third-order valence-corrected chi connectivity index (χ3v) is 5.07. The van der Waals surface area contributed by atoms with E-state index in [0.717, 1.165) is 29.5 Å². The smallest absolute Gasteiger partial charge is 0.224 e. The van der Waals surface area contributed by atoms with Crippen LogP contribution in [0.2, 0.25) is 0 Å². The van der Waals surface area contributed by atoms with Gasteiger partial charge in [0.1, 0.15) is 5.76 Å². The van der Waals surface area contributed by atoms with Crippen LogP contribution in [0.4, 0.5) is 0 Å². The van der Waals surface area contributed by atoms with E-state index in [2.05, 4.69) is 33.4 Å². The zero-order valence-corrected chi connectivity index (χ0v) is 13.1. The average molecular weight is 346 g/mol. The molecule has 0 bridgehead atoms. The van der Waals surface area contributed by atoms with Gasteiger partial charge in [-0.1, -0.05) is 28.1 Å². The van der Waals surface area contributed by atoms with Gasteiger partial charge in [0.05, 0.1) is 11.8 Å². The predicted octanol–water partition coefficient (Wildman–Crippen LogP) is 3.95. The first-order valence-electron chi connectivity index (χ1n) is 7.29. The van der Waals surface area contributed by atoms with Crippen LogP contribution in [0.5, 0.6) is 0 Å². The van der Waals surface area contributed by atoms with E-state index in [1.54, 1.807) is 6.26 Å². The van der Waals surface area contributed by atoms with E-state index in [9.17, 15) is 4.79 Å². The molecule has 2 aliphatic rings. The summed E-state index contributed by atoms with van der Waals surface area (Å²) in [6.07, 6.45) is 4.62. The number of amides is 1. The lowest BCUT2D eigenvalue weighted by molar-refractivity contribution is -0.123. The minimum atomic E-state index is -0.131. The van der Waals surface area contributed by atoms with Crippen molar-refractivity contribution in [3.63, 3.8) is 0 Å². The molecule has 21 heavy (non-hydrogen) atoms. The Morgan fingerprint density at radius 1 is 1.24 bits per heavy atom. The van der Waals surface area contributed by atoms with E-state index in [4.69, 9.17) is 4.42 Å². The third kappa shape index (κ3) is 2.42. The highest BCUT2D eigenvalue weighted by Crippen LogP contribution is 2.51. The number of furan rings is 1. The second-order valence-corrected chi connectivity index (χ2v) is 6.96. The molecular weight excluding hydrogens is 330 g/mol. The SMILES string of the molecule is O=C(NC1(c2ccc(Br)cc2)CC1)C1CC1c1ccco1. The van der Waals surface area contributed by atoms with Gasteiger partial charge < -0.3 is 9.73 Å². The lowest BCUT2D eigenvalue weighted by atomic mass is 10.0. The highest BCUT2D eigenvalue weighted by molar-refractivity contribution is 9.10. The van der Waals surface area contributed by atoms with E-state index < -0.39 is 0 Å². The Kier molecular flexibility index (Phi) is 2.96. The largest absolute Gasteiger partial charge is 0.469 e. The quantitative estimate of drug-likeness (QED) is 0.911. The second-order valence-electron chi connectivity index (χ2n) is 6.04. The Bertz CT molecular complexity index is 659. The molecule has 2 aliphatic carbocycles. The first-order chi connectivity index (χ1) is 10.2. The fourth-order valence-corrected chi connectivity index (χ4v) is 3.27. The van der Waals surface area contributed by atoms with Crippen molar-refractivity contribution >= 4 is 21.8 Å². The summed E-state index contributed by atoms with van der Waals surface area (Å²) in [4.78, 5) is 12.4. The molecular formula is C17H16BrNO2. The highest BCUT2D eigenvalue weighted by Gasteiger charge is 2.51. The molecule has 2 fully saturated rings. The van der Waals surface area contributed by atoms with Crippen molar-refractivity contribution in [3.8, 4) is 0 Å². The van der Waals surface area contributed by atoms with Gasteiger partial charge in [0.15, 0.2) is 0 Å². The molecule has 3 nitrogen and oxygen atoms in total. The van der Waals surface area contributed by atoms with Crippen molar-refractivity contribution in [1.82, 2.24) is 5.32 Å². The van der Waals surface area contributed by atoms with E-state index in [1.807, 2.05) is 24.3 Å². The molecule has 1 aromatic heterocycles. The van der Waals surface area contributed by atoms with Gasteiger partial charge in [0.2, 0.25) is 5.91 Å². The maximum atomic E-state index is 12.4. The first kappa shape index (κ1) is 13.1. The molecule has 0 radical (unpaired) electrons. The lowest BCUT2D eigenvalue weighted by Crippen LogP contribution is -2.36. The molecule has 0 saturated heterocycles. The molecule has 4 rings (SSSR count). The Morgan fingerprint density at radius 2 is 2.00 bits per heavy atom. The van der Waals surface area contributed by atoms with E-state index in [-0.39, 0.29) is 23.3 Å². The van der Waals surface area contributed by atoms with Gasteiger partial charge >= 0.3 is 0 Å². The van der Waals surface area contributed by atoms with Crippen molar-refractivity contribution in [3.05, 3.63) is 58.5 Å². The Balaban J connectivity index is 1.44. The van der Waals surface area contributed by atoms with Crippen LogP contribution >= 0.6 is 15.9 Å². The maximum absolute atomic E-state index is 12.4. The number of benzene rings is 1. The topological polar surface area (TPSA) is 42.2 Å². The van der Waals surface area contributed by atoms with Crippen LogP contribution in [0.15, 0.2) is 51.6 Å². The second kappa shape index (κ2) is 4.73. The number of hydrogen-bond donors (Lipinski definition) is 1. The summed E-state index contributed by atoms with van der Waals surface area (Å²) < 4.78 is 6.46. The van der Waals surface area contributed by atoms with Crippen LogP contribution in [0.25, 0.3) is 0 Å². The summed E-state index contributed by atoms with van der Waals surface area (Å²) in [5.41, 5.74) is 1.07. The number of nitrogens with one attached hydrogen (secondary N) is 1. The predicted molar refractivity (Wildman–Crippen MR) is 82.8 cm³/mol. The van der Waals surface area contributed by atoms with E-state index in [0.29, 0.717) is 0 Å². The van der Waals surface area contributed by atoms with Gasteiger partial charge in [-0.25, -0.2) is 0 Å². The van der Waals surface area contributed by atoms with Crippen LogP contribution in [-0.2, 0) is 10.3 Å². The van der Waals surface area contributed by atoms with Crippen molar-refractivity contribution in [2.75, 3.05) is 0 Å². The standard InChI is InChI=1S/C17H16BrNO2/c18-12-5-3-11(4-6-12)17(7-8-17)19-16(20)14-10-13(14)15-2-1-9-21-15/h1-6,9,13-14H,7-8,10H2,(H,19,20). The number of carbonyl (C=O) groups excluding carboxylic acids is 1. The molecule has 0 aliphatic heterocycles. The molecule has 1 amide bonds. The number of carbonyl (C=O) groups is 1. The fourth-order valence-electron chi connectivity index (χ4n) is 3.01. The molecule has 1 heterocycles. The van der Waals surface area contributed by atoms with Gasteiger partial charge in [0, 0.05) is 16.3 Å². The minimum absolute atomic E-state index is 0.0732. The van der Waals surface area contributed by atoms with Gasteiger partial charge in [0.25, 0.3) is 0 Å². The first-order valence-corrected chi connectivity index (χ1v) is 8.09. The van der Waals surface area contributed by atoms with Gasteiger partial charge in [-0.3, -0.25) is 4.79 Å². The summed E-state index contributed by atoms with van der Waals surface area (Å²) >= 11 is 3.45. The Hall–Kier alpha value is -1.55. The number of hydrogen-bond acceptors (Lipinski definition) is 2. The molecule has 1 N–H and O–H groups in total. The Morgan fingerprint density at radius 3 is 2.62 bits per heavy atom. The average Bonchev–Trinajstić information content (AvgIpc) is 3.39. The van der Waals surface area contributed by atoms with Crippen LogP contribution in [0.3, 0.4) is 0 Å². The zero-order valence-electron chi connectivity index (χ0n) is 11.5. The number of halogens is 1. The van der Waals surface area contributed by atoms with Crippen LogP contribution < -0.4 is 5.32 Å². The third-order valence-electron chi connectivity index (χ3n) is 4.55. The van der Waals surface area contributed by atoms with Crippen molar-refractivity contribution in [1.29, 1.82) is 0 Å². The molecule has 2 unspecified atom stereocenters. The van der Waals surface area contributed by atoms with E-state index in [1.165, 1.54) is 5.56 Å². The molecule has 0 spiro atoms. The van der Waals surface area contributed by atoms with Crippen LogP contribution in [0.1, 0.15) is 36.5 Å². The van der Waals surface area contributed by atoms with Crippen LogP contribution in [0, 0.1) is 5.92 Å². The molecule has 1 aromatic carbocycles. The fraction of sp³-hybridized carbons (Fsp3) is 0.353. The summed E-state index contributed by atoms with van der Waals surface area (Å²) in [5.74, 6) is 1.44. The molecule has 2 atom stereocenters. The van der Waals surface area contributed by atoms with Crippen molar-refractivity contribution < 1.29 is 9.21 Å². The molecule has 2 saturated carbocycles. The molecule has 4 heteroatoms. The molecule has 108 valence electrons. The summed E-state index contributed by atoms with van der Waals surface area (Å²) in [6, 6.07) is 12.1. The zero-order chi connectivity index (χ0) is 14.4. The maximum Gasteiger partial charge on any atom is 0.224 e. The molecule has 2 aromatic rings. The normalized spacial score (nSPS) is 25.4. The van der Waals surface area contributed by atoms with Crippen molar-refractivity contribution in [2.24, 2.45) is 5.92 Å². The van der Waals surface area contributed by atoms with E-state index >= 15 is 0 Å². The minimum Gasteiger partial charge on any atom is -0.469 e. The van der Waals surface area contributed by atoms with Gasteiger partial charge in [-0.05, 0) is 49.1 Å². The summed E-state index contributed by atoms with van der Waals surface area (Å²) in [5, 5.41) is 3.26. The highest BCUT2D eigenvalue weighted by atomic mass is 79.9.